The van der Waals surface area contributed by atoms with E-state index in [4.69, 9.17) is 0 Å². The molecular formula is C76H74BN3. The van der Waals surface area contributed by atoms with Crippen LogP contribution in [0.25, 0.3) is 22.3 Å². The van der Waals surface area contributed by atoms with Gasteiger partial charge in [-0.1, -0.05) is 237 Å². The molecule has 6 aliphatic rings. The van der Waals surface area contributed by atoms with Gasteiger partial charge in [-0.15, -0.1) is 0 Å². The van der Waals surface area contributed by atoms with Crippen molar-refractivity contribution in [2.24, 2.45) is 0 Å². The van der Waals surface area contributed by atoms with Gasteiger partial charge >= 0.3 is 0 Å². The minimum atomic E-state index is -0.274. The quantitative estimate of drug-likeness (QED) is 0.154. The average Bonchev–Trinajstić information content (AvgIpc) is 3.38. The molecule has 2 aliphatic carbocycles. The van der Waals surface area contributed by atoms with E-state index in [1.165, 1.54) is 138 Å². The Bertz CT molecular complexity index is 3930. The molecule has 9 aromatic rings. The molecule has 0 amide bonds. The Hall–Kier alpha value is -7.56. The Morgan fingerprint density at radius 3 is 1.51 bits per heavy atom. The minimum Gasteiger partial charge on any atom is -0.335 e. The van der Waals surface area contributed by atoms with Gasteiger partial charge in [0.1, 0.15) is 0 Å². The highest BCUT2D eigenvalue weighted by atomic mass is 15.3. The molecule has 4 heterocycles. The third-order valence-electron chi connectivity index (χ3n) is 20.9. The van der Waals surface area contributed by atoms with Crippen LogP contribution in [0.4, 0.5) is 39.8 Å². The number of nitrogens with zero attached hydrogens (tertiary/aromatic N) is 3. The van der Waals surface area contributed by atoms with Gasteiger partial charge in [-0.2, -0.15) is 0 Å². The van der Waals surface area contributed by atoms with Crippen LogP contribution in [0, 0.1) is 0 Å². The first-order chi connectivity index (χ1) is 38.7. The standard InChI is InChI=1S/C76H74BN3/c1-71(2,3)57-37-39-65-61(46-57)75(55-31-17-11-18-32-55)42-23-21-40-73(75,7)79(65)60-49-67-69-68(50-60)80-70-62(76(56-33-19-12-20-34-56)43-24-22-41-74(76,80)8)47-58(72(4,5)6)48-64(70)77(69)63-38-36-54(52-28-15-10-16-29-52)45-66(63)78(67)59-35-25-30-53(44-59)51-26-13-9-14-27-51/h9-20,25-39,44-50H,21-24,40-43H2,1-8H3. The van der Waals surface area contributed by atoms with E-state index in [0.29, 0.717) is 0 Å². The van der Waals surface area contributed by atoms with Crippen molar-refractivity contribution >= 4 is 62.9 Å². The van der Waals surface area contributed by atoms with Gasteiger partial charge in [0.15, 0.2) is 0 Å². The fraction of sp³-hybridized carbons (Fsp3) is 0.289. The summed E-state index contributed by atoms with van der Waals surface area (Å²) in [5.74, 6) is 0. The third-order valence-corrected chi connectivity index (χ3v) is 20.9. The topological polar surface area (TPSA) is 9.72 Å². The fourth-order valence-corrected chi connectivity index (χ4v) is 17.1. The van der Waals surface area contributed by atoms with Crippen molar-refractivity contribution in [3.63, 3.8) is 0 Å². The highest BCUT2D eigenvalue weighted by Crippen LogP contribution is 2.68. The Labute approximate surface area is 476 Å². The van der Waals surface area contributed by atoms with E-state index in [-0.39, 0.29) is 39.5 Å². The molecule has 0 saturated heterocycles. The third kappa shape index (κ3) is 6.74. The van der Waals surface area contributed by atoms with Crippen molar-refractivity contribution in [1.29, 1.82) is 0 Å². The largest absolute Gasteiger partial charge is 0.335 e. The molecule has 396 valence electrons. The first-order valence-electron chi connectivity index (χ1n) is 30.0. The molecule has 4 aliphatic heterocycles. The first kappa shape index (κ1) is 49.5. The summed E-state index contributed by atoms with van der Waals surface area (Å²) < 4.78 is 0. The van der Waals surface area contributed by atoms with Crippen molar-refractivity contribution < 1.29 is 0 Å². The normalized spacial score (nSPS) is 23.2. The van der Waals surface area contributed by atoms with E-state index >= 15 is 0 Å². The van der Waals surface area contributed by atoms with Crippen molar-refractivity contribution in [3.05, 3.63) is 240 Å². The maximum atomic E-state index is 2.98. The van der Waals surface area contributed by atoms with Crippen molar-refractivity contribution in [1.82, 2.24) is 0 Å². The molecule has 0 aromatic heterocycles. The lowest BCUT2D eigenvalue weighted by Crippen LogP contribution is -2.65. The molecule has 4 heteroatoms. The Balaban J connectivity index is 1.09. The molecule has 3 nitrogen and oxygen atoms in total. The van der Waals surface area contributed by atoms with Gasteiger partial charge in [0, 0.05) is 50.6 Å². The zero-order valence-electron chi connectivity index (χ0n) is 48.2. The highest BCUT2D eigenvalue weighted by molar-refractivity contribution is 7.00. The van der Waals surface area contributed by atoms with Crippen LogP contribution in [0.2, 0.25) is 0 Å². The van der Waals surface area contributed by atoms with Crippen molar-refractivity contribution in [2.45, 2.75) is 139 Å². The molecule has 2 fully saturated rings. The van der Waals surface area contributed by atoms with Gasteiger partial charge in [-0.25, -0.2) is 0 Å². The lowest BCUT2D eigenvalue weighted by Gasteiger charge is -2.55. The van der Waals surface area contributed by atoms with Crippen LogP contribution in [0.1, 0.15) is 140 Å². The van der Waals surface area contributed by atoms with Gasteiger partial charge in [-0.3, -0.25) is 0 Å². The smallest absolute Gasteiger partial charge is 0.252 e. The Morgan fingerprint density at radius 1 is 0.375 bits per heavy atom. The van der Waals surface area contributed by atoms with Crippen LogP contribution in [0.5, 0.6) is 0 Å². The SMILES string of the molecule is CC(C)(C)c1ccc2c(c1)C1(c3ccccc3)CCCCC1(C)N2c1cc2c3c(c1)N1c4c(cc(C(C)(C)C)cc4C4(c5ccccc5)CCCCC14C)B3c1ccc(-c3ccccc3)cc1N2c1cccc(-c2ccccc2)c1. The van der Waals surface area contributed by atoms with Crippen LogP contribution in [-0.2, 0) is 21.7 Å². The summed E-state index contributed by atoms with van der Waals surface area (Å²) in [4.78, 5) is 8.57. The molecule has 4 unspecified atom stereocenters. The number of benzene rings is 9. The van der Waals surface area contributed by atoms with Gasteiger partial charge in [0.25, 0.3) is 6.71 Å². The van der Waals surface area contributed by atoms with Gasteiger partial charge < -0.3 is 14.7 Å². The molecule has 9 aromatic carbocycles. The van der Waals surface area contributed by atoms with Gasteiger partial charge in [0.05, 0.1) is 11.1 Å². The maximum Gasteiger partial charge on any atom is 0.252 e. The van der Waals surface area contributed by atoms with E-state index in [0.717, 1.165) is 25.7 Å². The number of anilines is 7. The molecule has 80 heavy (non-hydrogen) atoms. The Morgan fingerprint density at radius 2 is 0.900 bits per heavy atom. The minimum absolute atomic E-state index is 0.00835. The predicted octanol–water partition coefficient (Wildman–Crippen LogP) is 17.8. The summed E-state index contributed by atoms with van der Waals surface area (Å²) in [6.07, 6.45) is 9.18. The molecule has 2 saturated carbocycles. The molecule has 0 radical (unpaired) electrons. The second-order valence-electron chi connectivity index (χ2n) is 27.1. The first-order valence-corrected chi connectivity index (χ1v) is 30.0. The zero-order chi connectivity index (χ0) is 54.6. The monoisotopic (exact) mass is 1040 g/mol. The van der Waals surface area contributed by atoms with Crippen molar-refractivity contribution in [3.8, 4) is 22.3 Å². The summed E-state index contributed by atoms with van der Waals surface area (Å²) >= 11 is 0. The van der Waals surface area contributed by atoms with Crippen LogP contribution >= 0.6 is 0 Å². The van der Waals surface area contributed by atoms with E-state index in [1.54, 1.807) is 0 Å². The zero-order valence-corrected chi connectivity index (χ0v) is 48.2. The number of hydrogen-bond donors (Lipinski definition) is 0. The fourth-order valence-electron chi connectivity index (χ4n) is 17.1. The molecule has 0 bridgehead atoms. The summed E-state index contributed by atoms with van der Waals surface area (Å²) in [7, 11) is 0. The van der Waals surface area contributed by atoms with Crippen LogP contribution < -0.4 is 31.1 Å². The summed E-state index contributed by atoms with van der Waals surface area (Å²) in [5, 5.41) is 0. The van der Waals surface area contributed by atoms with E-state index in [1.807, 2.05) is 0 Å². The van der Waals surface area contributed by atoms with Gasteiger partial charge in [-0.05, 0) is 159 Å². The van der Waals surface area contributed by atoms with Crippen LogP contribution in [-0.4, -0.2) is 17.8 Å². The molecule has 15 rings (SSSR count). The molecule has 4 atom stereocenters. The van der Waals surface area contributed by atoms with Gasteiger partial charge in [0.2, 0.25) is 0 Å². The van der Waals surface area contributed by atoms with Crippen LogP contribution in [0.15, 0.2) is 206 Å². The lowest BCUT2D eigenvalue weighted by molar-refractivity contribution is 0.214. The maximum absolute atomic E-state index is 2.98. The van der Waals surface area contributed by atoms with Crippen molar-refractivity contribution in [2.75, 3.05) is 14.7 Å². The Kier molecular flexibility index (Phi) is 10.8. The number of hydrogen-bond acceptors (Lipinski definition) is 3. The highest BCUT2D eigenvalue weighted by Gasteiger charge is 2.66. The summed E-state index contributed by atoms with van der Waals surface area (Å²) in [6.45, 7) is 19.8. The predicted molar refractivity (Wildman–Crippen MR) is 339 cm³/mol. The van der Waals surface area contributed by atoms with E-state index < -0.39 is 0 Å². The molecule has 0 spiro atoms. The second kappa shape index (κ2) is 17.5. The lowest BCUT2D eigenvalue weighted by atomic mass is 9.33. The van der Waals surface area contributed by atoms with E-state index in [2.05, 4.69) is 276 Å². The molecule has 0 N–H and O–H groups in total. The summed E-state index contributed by atoms with van der Waals surface area (Å²) in [5.41, 5.74) is 25.9. The molecular weight excluding hydrogens is 966 g/mol. The number of rotatable bonds is 6. The van der Waals surface area contributed by atoms with E-state index in [9.17, 15) is 0 Å². The summed E-state index contributed by atoms with van der Waals surface area (Å²) in [6, 6.07) is 80.7. The average molecular weight is 1040 g/mol. The second-order valence-corrected chi connectivity index (χ2v) is 27.1. The number of fused-ring (bicyclic) bond motifs is 10. The van der Waals surface area contributed by atoms with Crippen LogP contribution in [0.3, 0.4) is 0 Å².